The number of amides is 2. The lowest BCUT2D eigenvalue weighted by molar-refractivity contribution is -0.137. The summed E-state index contributed by atoms with van der Waals surface area (Å²) in [5.74, 6) is 0.388. The largest absolute Gasteiger partial charge is 0.480 e. The van der Waals surface area contributed by atoms with Crippen molar-refractivity contribution in [2.45, 2.75) is 46.0 Å². The monoisotopic (exact) mass is 270 g/mol. The van der Waals surface area contributed by atoms with Crippen LogP contribution in [0.2, 0.25) is 0 Å². The van der Waals surface area contributed by atoms with Gasteiger partial charge in [0.05, 0.1) is 0 Å². The average molecular weight is 270 g/mol. The first-order valence-electron chi connectivity index (χ1n) is 7.27. The average Bonchev–Trinajstić information content (AvgIpc) is 2.37. The second-order valence-corrected chi connectivity index (χ2v) is 5.63. The Hall–Kier alpha value is -1.26. The van der Waals surface area contributed by atoms with Gasteiger partial charge in [-0.25, -0.2) is 4.79 Å². The van der Waals surface area contributed by atoms with Gasteiger partial charge in [0.1, 0.15) is 6.54 Å². The van der Waals surface area contributed by atoms with Crippen molar-refractivity contribution in [2.24, 2.45) is 11.8 Å². The fraction of sp³-hybridized carbons (Fsp3) is 0.857. The van der Waals surface area contributed by atoms with Gasteiger partial charge in [0.15, 0.2) is 0 Å². The highest BCUT2D eigenvalue weighted by Gasteiger charge is 2.20. The molecule has 0 heterocycles. The van der Waals surface area contributed by atoms with Crippen LogP contribution in [0.4, 0.5) is 4.79 Å². The van der Waals surface area contributed by atoms with Crippen LogP contribution >= 0.6 is 0 Å². The molecule has 0 bridgehead atoms. The Balaban J connectivity index is 2.33. The molecule has 0 aromatic carbocycles. The summed E-state index contributed by atoms with van der Waals surface area (Å²) in [6, 6.07) is -0.247. The van der Waals surface area contributed by atoms with Crippen molar-refractivity contribution in [1.29, 1.82) is 0 Å². The predicted molar refractivity (Wildman–Crippen MR) is 74.0 cm³/mol. The topological polar surface area (TPSA) is 69.6 Å². The second-order valence-electron chi connectivity index (χ2n) is 5.63. The molecule has 1 aliphatic carbocycles. The van der Waals surface area contributed by atoms with Crippen molar-refractivity contribution in [3.63, 3.8) is 0 Å². The summed E-state index contributed by atoms with van der Waals surface area (Å²) in [5, 5.41) is 11.7. The van der Waals surface area contributed by atoms with Gasteiger partial charge in [0.25, 0.3) is 0 Å². The van der Waals surface area contributed by atoms with Crippen molar-refractivity contribution in [3.8, 4) is 0 Å². The van der Waals surface area contributed by atoms with E-state index < -0.39 is 5.97 Å². The molecule has 0 aromatic heterocycles. The third-order valence-corrected chi connectivity index (χ3v) is 3.78. The van der Waals surface area contributed by atoms with Crippen LogP contribution in [-0.2, 0) is 4.79 Å². The van der Waals surface area contributed by atoms with Crippen LogP contribution in [0.3, 0.4) is 0 Å². The third kappa shape index (κ3) is 5.94. The molecule has 5 heteroatoms. The van der Waals surface area contributed by atoms with Gasteiger partial charge >= 0.3 is 12.0 Å². The van der Waals surface area contributed by atoms with Crippen LogP contribution in [-0.4, -0.2) is 41.6 Å². The van der Waals surface area contributed by atoms with E-state index in [1.807, 2.05) is 6.92 Å². The Labute approximate surface area is 115 Å². The highest BCUT2D eigenvalue weighted by atomic mass is 16.4. The molecule has 0 spiro atoms. The summed E-state index contributed by atoms with van der Waals surface area (Å²) in [4.78, 5) is 24.0. The first kappa shape index (κ1) is 15.8. The van der Waals surface area contributed by atoms with E-state index in [9.17, 15) is 9.59 Å². The van der Waals surface area contributed by atoms with Gasteiger partial charge in [-0.2, -0.15) is 0 Å². The van der Waals surface area contributed by atoms with E-state index in [-0.39, 0.29) is 12.6 Å². The number of aliphatic carboxylic acids is 1. The van der Waals surface area contributed by atoms with Gasteiger partial charge in [-0.1, -0.05) is 26.7 Å². The summed E-state index contributed by atoms with van der Waals surface area (Å²) in [5.41, 5.74) is 0. The Bertz CT molecular complexity index is 299. The lowest BCUT2D eigenvalue weighted by Crippen LogP contribution is -2.44. The van der Waals surface area contributed by atoms with E-state index >= 15 is 0 Å². The molecule has 1 fully saturated rings. The molecule has 2 N–H and O–H groups in total. The van der Waals surface area contributed by atoms with E-state index in [0.29, 0.717) is 19.0 Å². The van der Waals surface area contributed by atoms with Crippen LogP contribution in [0.1, 0.15) is 46.0 Å². The fourth-order valence-corrected chi connectivity index (χ4v) is 2.56. The molecule has 0 unspecified atom stereocenters. The fourth-order valence-electron chi connectivity index (χ4n) is 2.56. The molecular formula is C14H26N2O3. The number of hydrogen-bond acceptors (Lipinski definition) is 2. The van der Waals surface area contributed by atoms with Crippen molar-refractivity contribution in [1.82, 2.24) is 10.2 Å². The number of carbonyl (C=O) groups is 2. The van der Waals surface area contributed by atoms with Crippen LogP contribution in [0.15, 0.2) is 0 Å². The van der Waals surface area contributed by atoms with Crippen molar-refractivity contribution in [2.75, 3.05) is 19.6 Å². The Kier molecular flexibility index (Phi) is 6.67. The van der Waals surface area contributed by atoms with Crippen molar-refractivity contribution < 1.29 is 14.7 Å². The molecule has 1 aliphatic rings. The molecule has 0 saturated heterocycles. The zero-order valence-corrected chi connectivity index (χ0v) is 12.0. The molecule has 19 heavy (non-hydrogen) atoms. The normalized spacial score (nSPS) is 22.8. The molecule has 0 aliphatic heterocycles. The molecule has 110 valence electrons. The number of carbonyl (C=O) groups excluding carboxylic acids is 1. The number of carboxylic acids is 1. The number of carboxylic acid groups (broad SMARTS) is 1. The van der Waals surface area contributed by atoms with Crippen LogP contribution in [0.25, 0.3) is 0 Å². The summed E-state index contributed by atoms with van der Waals surface area (Å²) in [7, 11) is 0. The smallest absolute Gasteiger partial charge is 0.323 e. The van der Waals surface area contributed by atoms with E-state index in [4.69, 9.17) is 5.11 Å². The van der Waals surface area contributed by atoms with Crippen LogP contribution < -0.4 is 5.32 Å². The molecule has 5 nitrogen and oxygen atoms in total. The quantitative estimate of drug-likeness (QED) is 0.778. The number of urea groups is 1. The maximum Gasteiger partial charge on any atom is 0.323 e. The van der Waals surface area contributed by atoms with Crippen LogP contribution in [0.5, 0.6) is 0 Å². The maximum absolute atomic E-state index is 11.9. The molecule has 2 amide bonds. The Morgan fingerprint density at radius 3 is 2.42 bits per heavy atom. The lowest BCUT2D eigenvalue weighted by Gasteiger charge is -2.27. The minimum Gasteiger partial charge on any atom is -0.480 e. The van der Waals surface area contributed by atoms with E-state index in [2.05, 4.69) is 12.2 Å². The summed E-state index contributed by atoms with van der Waals surface area (Å²) < 4.78 is 0. The Morgan fingerprint density at radius 2 is 1.89 bits per heavy atom. The van der Waals surface area contributed by atoms with Crippen molar-refractivity contribution in [3.05, 3.63) is 0 Å². The first-order chi connectivity index (χ1) is 9.02. The van der Waals surface area contributed by atoms with E-state index in [1.165, 1.54) is 17.7 Å². The molecular weight excluding hydrogens is 244 g/mol. The molecule has 0 atom stereocenters. The van der Waals surface area contributed by atoms with Gasteiger partial charge in [-0.05, 0) is 31.1 Å². The zero-order chi connectivity index (χ0) is 14.3. The number of nitrogens with one attached hydrogen (secondary N) is 1. The highest BCUT2D eigenvalue weighted by molar-refractivity contribution is 5.80. The third-order valence-electron chi connectivity index (χ3n) is 3.78. The second kappa shape index (κ2) is 8.02. The molecule has 0 aromatic rings. The zero-order valence-electron chi connectivity index (χ0n) is 12.0. The minimum absolute atomic E-state index is 0.221. The van der Waals surface area contributed by atoms with Gasteiger partial charge < -0.3 is 15.3 Å². The molecule has 1 saturated carbocycles. The number of rotatable bonds is 6. The van der Waals surface area contributed by atoms with E-state index in [1.54, 1.807) is 0 Å². The molecule has 0 radical (unpaired) electrons. The maximum atomic E-state index is 11.9. The highest BCUT2D eigenvalue weighted by Crippen LogP contribution is 2.27. The van der Waals surface area contributed by atoms with Gasteiger partial charge in [-0.15, -0.1) is 0 Å². The summed E-state index contributed by atoms with van der Waals surface area (Å²) in [6.45, 7) is 5.14. The number of hydrogen-bond donors (Lipinski definition) is 2. The predicted octanol–water partition coefficient (Wildman–Crippen LogP) is 2.32. The minimum atomic E-state index is -0.963. The lowest BCUT2D eigenvalue weighted by atomic mass is 9.83. The first-order valence-corrected chi connectivity index (χ1v) is 7.27. The van der Waals surface area contributed by atoms with Crippen molar-refractivity contribution >= 4 is 12.0 Å². The SMILES string of the molecule is CCCN(CC(=O)O)C(=O)NCC1CCC(C)CC1. The van der Waals surface area contributed by atoms with Gasteiger partial charge in [-0.3, -0.25) is 4.79 Å². The number of nitrogens with zero attached hydrogens (tertiary/aromatic N) is 1. The van der Waals surface area contributed by atoms with E-state index in [0.717, 1.165) is 25.2 Å². The van der Waals surface area contributed by atoms with Gasteiger partial charge in [0.2, 0.25) is 0 Å². The van der Waals surface area contributed by atoms with Crippen LogP contribution in [0, 0.1) is 11.8 Å². The standard InChI is InChI=1S/C14H26N2O3/c1-3-8-16(10-13(17)18)14(19)15-9-12-6-4-11(2)5-7-12/h11-12H,3-10H2,1-2H3,(H,15,19)(H,17,18). The van der Waals surface area contributed by atoms with Gasteiger partial charge in [0, 0.05) is 13.1 Å². The summed E-state index contributed by atoms with van der Waals surface area (Å²) in [6.07, 6.45) is 5.55. The Morgan fingerprint density at radius 1 is 1.26 bits per heavy atom. The summed E-state index contributed by atoms with van der Waals surface area (Å²) >= 11 is 0. The molecule has 1 rings (SSSR count).